The second-order valence-corrected chi connectivity index (χ2v) is 10.2. The number of halogens is 1. The Bertz CT molecular complexity index is 53.6. The summed E-state index contributed by atoms with van der Waals surface area (Å²) in [4.78, 5) is 0. The molecule has 0 bridgehead atoms. The van der Waals surface area contributed by atoms with Gasteiger partial charge >= 0.3 is 0 Å². The van der Waals surface area contributed by atoms with Gasteiger partial charge < -0.3 is 16.5 Å². The maximum absolute atomic E-state index is 5.38. The molecular formula is H11ClO4Si5. The van der Waals surface area contributed by atoms with Crippen molar-refractivity contribution in [1.82, 2.24) is 0 Å². The molecule has 0 aliphatic carbocycles. The summed E-state index contributed by atoms with van der Waals surface area (Å²) in [5.41, 5.74) is 0. The second-order valence-electron chi connectivity index (χ2n) is 1.36. The van der Waals surface area contributed by atoms with E-state index in [1.807, 2.05) is 0 Å². The Morgan fingerprint density at radius 3 is 2.20 bits per heavy atom. The molecule has 10 heavy (non-hydrogen) atoms. The average Bonchev–Trinajstić information content (AvgIpc) is 1.97. The molecule has 0 unspecified atom stereocenters. The van der Waals surface area contributed by atoms with E-state index in [2.05, 4.69) is 0 Å². The molecule has 0 rings (SSSR count). The minimum atomic E-state index is -0.772. The van der Waals surface area contributed by atoms with Gasteiger partial charge in [-0.15, -0.1) is 11.1 Å². The molecule has 0 saturated heterocycles. The Morgan fingerprint density at radius 2 is 1.60 bits per heavy atom. The standard InChI is InChI=1S/ClH11O4Si5/c1-7-3-9-5-10-4-8-2-6/h7-10H2,6H3. The van der Waals surface area contributed by atoms with Crippen molar-refractivity contribution in [2.45, 2.75) is 0 Å². The lowest BCUT2D eigenvalue weighted by atomic mass is 15.7. The summed E-state index contributed by atoms with van der Waals surface area (Å²) >= 11 is 5.38. The van der Waals surface area contributed by atoms with Gasteiger partial charge in [-0.1, -0.05) is 0 Å². The smallest absolute Gasteiger partial charge is 0.286 e. The van der Waals surface area contributed by atoms with E-state index in [1.165, 1.54) is 0 Å². The van der Waals surface area contributed by atoms with Crippen LogP contribution in [0.15, 0.2) is 0 Å². The molecule has 62 valence electrons. The van der Waals surface area contributed by atoms with E-state index in [1.54, 1.807) is 0 Å². The fraction of sp³-hybridized carbons (Fsp3) is 0. The number of rotatable bonds is 7. The van der Waals surface area contributed by atoms with Crippen molar-refractivity contribution in [2.24, 2.45) is 0 Å². The quantitative estimate of drug-likeness (QED) is 0.260. The molecule has 0 aromatic rings. The normalized spacial score (nSPS) is 15.3. The fourth-order valence-corrected chi connectivity index (χ4v) is 6.89. The molecule has 0 radical (unpaired) electrons. The van der Waals surface area contributed by atoms with Gasteiger partial charge in [-0.25, -0.2) is 0 Å². The van der Waals surface area contributed by atoms with Gasteiger partial charge in [0.05, 0.1) is 0 Å². The minimum Gasteiger partial charge on any atom is -0.449 e. The van der Waals surface area contributed by atoms with Crippen molar-refractivity contribution in [3.8, 4) is 0 Å². The summed E-state index contributed by atoms with van der Waals surface area (Å²) in [6.07, 6.45) is 0. The van der Waals surface area contributed by atoms with Gasteiger partial charge in [0.1, 0.15) is 10.5 Å². The Kier molecular flexibility index (Phi) is 11.5. The Labute approximate surface area is 77.3 Å². The van der Waals surface area contributed by atoms with Crippen LogP contribution in [0.3, 0.4) is 0 Å². The highest BCUT2D eigenvalue weighted by Crippen LogP contribution is 1.74. The maximum Gasteiger partial charge on any atom is 0.286 e. The summed E-state index contributed by atoms with van der Waals surface area (Å²) in [7, 11) is -2.19. The molecule has 0 aliphatic rings. The van der Waals surface area contributed by atoms with Crippen LogP contribution in [0.5, 0.6) is 0 Å². The summed E-state index contributed by atoms with van der Waals surface area (Å²) in [6, 6.07) is 0. The first-order chi connectivity index (χ1) is 4.91. The van der Waals surface area contributed by atoms with Crippen molar-refractivity contribution in [2.75, 3.05) is 0 Å². The van der Waals surface area contributed by atoms with E-state index in [4.69, 9.17) is 27.5 Å². The zero-order chi connectivity index (χ0) is 7.66. The predicted molar refractivity (Wildman–Crippen MR) is 54.3 cm³/mol. The maximum atomic E-state index is 5.38. The molecule has 4 nitrogen and oxygen atoms in total. The van der Waals surface area contributed by atoms with Gasteiger partial charge in [0.25, 0.3) is 30.0 Å². The zero-order valence-electron chi connectivity index (χ0n) is 5.84. The lowest BCUT2D eigenvalue weighted by Crippen LogP contribution is -2.14. The van der Waals surface area contributed by atoms with E-state index in [-0.39, 0.29) is 0 Å². The van der Waals surface area contributed by atoms with Crippen molar-refractivity contribution >= 4 is 60.7 Å². The molecular weight excluding hydrogens is 240 g/mol. The molecule has 0 aliphatic heterocycles. The largest absolute Gasteiger partial charge is 0.449 e. The topological polar surface area (TPSA) is 36.9 Å². The van der Waals surface area contributed by atoms with Crippen molar-refractivity contribution in [3.05, 3.63) is 0 Å². The van der Waals surface area contributed by atoms with Crippen LogP contribution in [-0.4, -0.2) is 49.6 Å². The number of hydrogen-bond donors (Lipinski definition) is 0. The second kappa shape index (κ2) is 10.2. The van der Waals surface area contributed by atoms with Gasteiger partial charge in [-0.2, -0.15) is 0 Å². The SMILES string of the molecule is [SiH3]O[SiH2]O[SiH2]O[SiH2]O[SiH2]Cl. The predicted octanol–water partition coefficient (Wildman–Crippen LogP) is -4.43. The average molecular weight is 251 g/mol. The molecule has 10 heteroatoms. The fourth-order valence-electron chi connectivity index (χ4n) is 0.301. The third kappa shape index (κ3) is 9.21. The first-order valence-corrected chi connectivity index (χ1v) is 9.69. The first-order valence-electron chi connectivity index (χ1n) is 2.70. The van der Waals surface area contributed by atoms with Gasteiger partial charge in [0.15, 0.2) is 0 Å². The Balaban J connectivity index is 2.65. The van der Waals surface area contributed by atoms with Crippen LogP contribution < -0.4 is 0 Å². The monoisotopic (exact) mass is 250 g/mol. The van der Waals surface area contributed by atoms with E-state index >= 15 is 0 Å². The summed E-state index contributed by atoms with van der Waals surface area (Å²) < 4.78 is 20.1. The molecule has 0 fully saturated rings. The van der Waals surface area contributed by atoms with Crippen molar-refractivity contribution < 1.29 is 16.5 Å². The summed E-state index contributed by atoms with van der Waals surface area (Å²) in [6.45, 7) is 0. The molecule has 0 atom stereocenters. The van der Waals surface area contributed by atoms with Gasteiger partial charge in [0.2, 0.25) is 9.07 Å². The molecule has 0 spiro atoms. The lowest BCUT2D eigenvalue weighted by Gasteiger charge is -2.02. The highest BCUT2D eigenvalue weighted by molar-refractivity contribution is 6.91. The molecule has 0 saturated carbocycles. The lowest BCUT2D eigenvalue weighted by molar-refractivity contribution is 0.409. The van der Waals surface area contributed by atoms with Crippen molar-refractivity contribution in [3.63, 3.8) is 0 Å². The van der Waals surface area contributed by atoms with Crippen LogP contribution in [0, 0.1) is 0 Å². The van der Waals surface area contributed by atoms with E-state index in [0.717, 1.165) is 10.5 Å². The van der Waals surface area contributed by atoms with Crippen LogP contribution in [0.25, 0.3) is 0 Å². The highest BCUT2D eigenvalue weighted by Gasteiger charge is 1.89. The Morgan fingerprint density at radius 1 is 1.00 bits per heavy atom. The van der Waals surface area contributed by atoms with Crippen LogP contribution in [-0.2, 0) is 16.5 Å². The molecule has 0 aromatic carbocycles. The first kappa shape index (κ1) is 11.2. The van der Waals surface area contributed by atoms with Crippen LogP contribution in [0.1, 0.15) is 0 Å². The molecule has 0 N–H and O–H groups in total. The summed E-state index contributed by atoms with van der Waals surface area (Å²) in [5.74, 6) is 0. The molecule has 0 heterocycles. The molecule has 0 aromatic heterocycles. The molecule has 0 amide bonds. The van der Waals surface area contributed by atoms with Gasteiger partial charge in [-0.05, 0) is 0 Å². The third-order valence-electron chi connectivity index (χ3n) is 0.612. The highest BCUT2D eigenvalue weighted by atomic mass is 35.6. The third-order valence-corrected chi connectivity index (χ3v) is 6.89. The van der Waals surface area contributed by atoms with Crippen LogP contribution >= 0.6 is 11.1 Å². The van der Waals surface area contributed by atoms with E-state index in [0.29, 0.717) is 0 Å². The Hall–Kier alpha value is 1.21. The van der Waals surface area contributed by atoms with E-state index in [9.17, 15) is 0 Å². The van der Waals surface area contributed by atoms with E-state index < -0.39 is 39.1 Å². The van der Waals surface area contributed by atoms with Gasteiger partial charge in [-0.3, -0.25) is 0 Å². The van der Waals surface area contributed by atoms with Crippen molar-refractivity contribution in [1.29, 1.82) is 0 Å². The zero-order valence-corrected chi connectivity index (χ0v) is 14.3. The number of hydrogen-bond acceptors (Lipinski definition) is 4. The van der Waals surface area contributed by atoms with Crippen LogP contribution in [0.4, 0.5) is 0 Å². The van der Waals surface area contributed by atoms with Gasteiger partial charge in [0, 0.05) is 0 Å². The summed E-state index contributed by atoms with van der Waals surface area (Å²) in [5, 5.41) is 0. The van der Waals surface area contributed by atoms with Crippen LogP contribution in [0.2, 0.25) is 0 Å². The minimum absolute atomic E-state index is 0.669.